The molecule has 4 rings (SSSR count). The number of aromatic nitrogens is 6. The Balaban J connectivity index is 1.34. The van der Waals surface area contributed by atoms with E-state index in [1.165, 1.54) is 0 Å². The van der Waals surface area contributed by atoms with E-state index in [0.29, 0.717) is 17.9 Å². The van der Waals surface area contributed by atoms with E-state index in [1.807, 2.05) is 43.8 Å². The number of carbonyl (C=O) groups excluding carboxylic acids is 1. The summed E-state index contributed by atoms with van der Waals surface area (Å²) in [6.07, 6.45) is 6.99. The molecule has 0 fully saturated rings. The van der Waals surface area contributed by atoms with Crippen LogP contribution in [0, 0.1) is 20.8 Å². The highest BCUT2D eigenvalue weighted by Gasteiger charge is 2.12. The van der Waals surface area contributed by atoms with Crippen LogP contribution >= 0.6 is 0 Å². The van der Waals surface area contributed by atoms with Crippen molar-refractivity contribution in [3.05, 3.63) is 77.1 Å². The summed E-state index contributed by atoms with van der Waals surface area (Å²) in [4.78, 5) is 12.6. The number of nitrogens with zero attached hydrogens (tertiary/aromatic N) is 6. The smallest absolute Gasteiger partial charge is 0.276 e. The summed E-state index contributed by atoms with van der Waals surface area (Å²) < 4.78 is 11.1. The number of amides is 1. The zero-order valence-electron chi connectivity index (χ0n) is 18.7. The van der Waals surface area contributed by atoms with Gasteiger partial charge in [-0.1, -0.05) is 6.07 Å². The van der Waals surface area contributed by atoms with Crippen LogP contribution in [0.1, 0.15) is 39.8 Å². The summed E-state index contributed by atoms with van der Waals surface area (Å²) in [6, 6.07) is 7.69. The summed E-state index contributed by atoms with van der Waals surface area (Å²) in [5.74, 6) is 0.473. The van der Waals surface area contributed by atoms with E-state index in [4.69, 9.17) is 4.74 Å². The Morgan fingerprint density at radius 1 is 1.06 bits per heavy atom. The first kappa shape index (κ1) is 21.4. The highest BCUT2D eigenvalue weighted by molar-refractivity contribution is 6.02. The van der Waals surface area contributed by atoms with Crippen LogP contribution in [-0.4, -0.2) is 35.2 Å². The summed E-state index contributed by atoms with van der Waals surface area (Å²) in [5, 5.41) is 15.8. The van der Waals surface area contributed by atoms with Crippen molar-refractivity contribution in [2.24, 2.45) is 0 Å². The zero-order valence-corrected chi connectivity index (χ0v) is 18.7. The standard InChI is InChI=1S/C23H27N7O2/c1-5-30-18(4)19(11-25-30)13-29-14-20(12-24-29)26-23(31)22-6-7-28(27-22)15-32-21-9-16(2)8-17(3)10-21/h6-12,14H,5,13,15H2,1-4H3,(H,26,31). The monoisotopic (exact) mass is 433 g/mol. The number of rotatable bonds is 8. The molecule has 32 heavy (non-hydrogen) atoms. The largest absolute Gasteiger partial charge is 0.471 e. The number of nitrogens with one attached hydrogen (secondary N) is 1. The molecule has 166 valence electrons. The highest BCUT2D eigenvalue weighted by Crippen LogP contribution is 2.17. The second kappa shape index (κ2) is 9.09. The molecule has 4 aromatic rings. The Bertz CT molecular complexity index is 1210. The predicted octanol–water partition coefficient (Wildman–Crippen LogP) is 3.56. The van der Waals surface area contributed by atoms with E-state index in [1.54, 1.807) is 34.0 Å². The highest BCUT2D eigenvalue weighted by atomic mass is 16.5. The number of ether oxygens (including phenoxy) is 1. The van der Waals surface area contributed by atoms with E-state index >= 15 is 0 Å². The molecule has 1 amide bonds. The minimum Gasteiger partial charge on any atom is -0.471 e. The van der Waals surface area contributed by atoms with Crippen LogP contribution in [0.25, 0.3) is 0 Å². The third-order valence-corrected chi connectivity index (χ3v) is 5.16. The summed E-state index contributed by atoms with van der Waals surface area (Å²) in [5.41, 5.74) is 5.39. The van der Waals surface area contributed by atoms with Gasteiger partial charge in [-0.2, -0.15) is 15.3 Å². The van der Waals surface area contributed by atoms with Gasteiger partial charge in [-0.3, -0.25) is 14.2 Å². The molecule has 0 radical (unpaired) electrons. The van der Waals surface area contributed by atoms with Crippen LogP contribution in [0.2, 0.25) is 0 Å². The van der Waals surface area contributed by atoms with Gasteiger partial charge in [0.05, 0.1) is 24.6 Å². The van der Waals surface area contributed by atoms with Crippen molar-refractivity contribution in [1.82, 2.24) is 29.3 Å². The van der Waals surface area contributed by atoms with Gasteiger partial charge in [-0.25, -0.2) is 4.68 Å². The van der Waals surface area contributed by atoms with Crippen molar-refractivity contribution in [3.63, 3.8) is 0 Å². The van der Waals surface area contributed by atoms with Gasteiger partial charge in [0.15, 0.2) is 12.4 Å². The second-order valence-corrected chi connectivity index (χ2v) is 7.79. The van der Waals surface area contributed by atoms with Crippen LogP contribution < -0.4 is 10.1 Å². The molecule has 9 heteroatoms. The van der Waals surface area contributed by atoms with Crippen molar-refractivity contribution >= 4 is 11.6 Å². The minimum absolute atomic E-state index is 0.221. The first-order valence-electron chi connectivity index (χ1n) is 10.5. The molecule has 1 N–H and O–H groups in total. The molecule has 0 saturated heterocycles. The third kappa shape index (κ3) is 4.88. The number of benzene rings is 1. The molecule has 1 aromatic carbocycles. The average molecular weight is 434 g/mol. The van der Waals surface area contributed by atoms with Crippen molar-refractivity contribution in [2.45, 2.75) is 47.5 Å². The Hall–Kier alpha value is -3.88. The molecule has 3 heterocycles. The van der Waals surface area contributed by atoms with Crippen molar-refractivity contribution < 1.29 is 9.53 Å². The molecule has 0 spiro atoms. The van der Waals surface area contributed by atoms with Crippen LogP contribution in [0.5, 0.6) is 5.75 Å². The van der Waals surface area contributed by atoms with E-state index in [-0.39, 0.29) is 12.6 Å². The summed E-state index contributed by atoms with van der Waals surface area (Å²) >= 11 is 0. The number of aryl methyl sites for hydroxylation is 3. The number of hydrogen-bond acceptors (Lipinski definition) is 5. The van der Waals surface area contributed by atoms with Gasteiger partial charge < -0.3 is 10.1 Å². The zero-order chi connectivity index (χ0) is 22.7. The Morgan fingerprint density at radius 3 is 2.56 bits per heavy atom. The molecule has 0 atom stereocenters. The molecule has 0 aliphatic carbocycles. The number of hydrogen-bond donors (Lipinski definition) is 1. The molecule has 0 aliphatic heterocycles. The van der Waals surface area contributed by atoms with Crippen LogP contribution in [-0.2, 0) is 19.8 Å². The predicted molar refractivity (Wildman–Crippen MR) is 121 cm³/mol. The van der Waals surface area contributed by atoms with Crippen LogP contribution in [0.4, 0.5) is 5.69 Å². The van der Waals surface area contributed by atoms with Gasteiger partial charge in [-0.05, 0) is 57.0 Å². The van der Waals surface area contributed by atoms with E-state index in [0.717, 1.165) is 34.7 Å². The second-order valence-electron chi connectivity index (χ2n) is 7.79. The first-order chi connectivity index (χ1) is 15.4. The maximum Gasteiger partial charge on any atom is 0.276 e. The van der Waals surface area contributed by atoms with E-state index < -0.39 is 0 Å². The lowest BCUT2D eigenvalue weighted by Crippen LogP contribution is -2.14. The van der Waals surface area contributed by atoms with E-state index in [2.05, 4.69) is 33.6 Å². The summed E-state index contributed by atoms with van der Waals surface area (Å²) in [7, 11) is 0. The minimum atomic E-state index is -0.301. The number of anilines is 1. The van der Waals surface area contributed by atoms with E-state index in [9.17, 15) is 4.79 Å². The molecule has 0 saturated carbocycles. The summed E-state index contributed by atoms with van der Waals surface area (Å²) in [6.45, 7) is 9.79. The van der Waals surface area contributed by atoms with Gasteiger partial charge in [0, 0.05) is 30.2 Å². The molecular formula is C23H27N7O2. The van der Waals surface area contributed by atoms with Gasteiger partial charge in [0.2, 0.25) is 0 Å². The molecule has 0 bridgehead atoms. The fourth-order valence-electron chi connectivity index (χ4n) is 3.56. The normalized spacial score (nSPS) is 11.0. The number of carbonyl (C=O) groups is 1. The lowest BCUT2D eigenvalue weighted by molar-refractivity contribution is 0.102. The Morgan fingerprint density at radius 2 is 1.84 bits per heavy atom. The maximum absolute atomic E-state index is 12.6. The maximum atomic E-state index is 12.6. The van der Waals surface area contributed by atoms with Gasteiger partial charge in [0.1, 0.15) is 5.75 Å². The first-order valence-corrected chi connectivity index (χ1v) is 10.5. The fourth-order valence-corrected chi connectivity index (χ4v) is 3.56. The fraction of sp³-hybridized carbons (Fsp3) is 0.304. The molecule has 3 aromatic heterocycles. The van der Waals surface area contributed by atoms with Crippen molar-refractivity contribution in [2.75, 3.05) is 5.32 Å². The van der Waals surface area contributed by atoms with Gasteiger partial charge in [0.25, 0.3) is 5.91 Å². The van der Waals surface area contributed by atoms with Crippen LogP contribution in [0.15, 0.2) is 49.1 Å². The Labute approximate surface area is 186 Å². The molecule has 0 aliphatic rings. The van der Waals surface area contributed by atoms with Crippen molar-refractivity contribution in [3.8, 4) is 5.75 Å². The lowest BCUT2D eigenvalue weighted by atomic mass is 10.1. The quantitative estimate of drug-likeness (QED) is 0.459. The molecular weight excluding hydrogens is 406 g/mol. The topological polar surface area (TPSA) is 91.8 Å². The molecule has 9 nitrogen and oxygen atoms in total. The van der Waals surface area contributed by atoms with Gasteiger partial charge >= 0.3 is 0 Å². The SMILES string of the molecule is CCn1ncc(Cn2cc(NC(=O)c3ccn(COc4cc(C)cc(C)c4)n3)cn2)c1C. The molecule has 0 unspecified atom stereocenters. The average Bonchev–Trinajstić information content (AvgIpc) is 3.47. The van der Waals surface area contributed by atoms with Crippen molar-refractivity contribution in [1.29, 1.82) is 0 Å². The van der Waals surface area contributed by atoms with Crippen LogP contribution in [0.3, 0.4) is 0 Å². The van der Waals surface area contributed by atoms with Gasteiger partial charge in [-0.15, -0.1) is 0 Å². The Kier molecular flexibility index (Phi) is 6.07. The lowest BCUT2D eigenvalue weighted by Gasteiger charge is -2.08. The third-order valence-electron chi connectivity index (χ3n) is 5.16.